The Labute approximate surface area is 324 Å². The van der Waals surface area contributed by atoms with Gasteiger partial charge in [-0.1, -0.05) is 26.9 Å². The number of nitrogens with one attached hydrogen (secondary N) is 4. The van der Waals surface area contributed by atoms with Crippen molar-refractivity contribution in [3.05, 3.63) is 59.2 Å². The van der Waals surface area contributed by atoms with Crippen LogP contribution in [0.4, 0.5) is 0 Å². The largest absolute Gasteiger partial charge is 2.00 e. The fraction of sp³-hybridized carbons (Fsp3) is 0.773. The molecule has 10 fully saturated rings. The minimum absolute atomic E-state index is 0. The van der Waals surface area contributed by atoms with Gasteiger partial charge in [-0.25, -0.2) is 18.2 Å². The summed E-state index contributed by atoms with van der Waals surface area (Å²) in [4.78, 5) is 0. The van der Waals surface area contributed by atoms with Crippen LogP contribution in [0.25, 0.3) is 0 Å². The molecule has 51 heavy (non-hydrogen) atoms. The number of piperazine rings is 2. The molecule has 4 N–H and O–H groups in total. The van der Waals surface area contributed by atoms with E-state index in [9.17, 15) is 0 Å². The second kappa shape index (κ2) is 14.8. The molecule has 3 unspecified atom stereocenters. The monoisotopic (exact) mass is 770 g/mol. The van der Waals surface area contributed by atoms with Gasteiger partial charge in [-0.15, -0.1) is 17.2 Å². The first-order valence-electron chi connectivity index (χ1n) is 21.0. The standard InChI is InChI=1S/C39H63N4P2.C5H5.Fe/c1-36(2,3)32-14-31(33(15-32)39(44,34-22-40-4-6-42-34)35-23-41-5-7-43-35)24-45(37-16-25-8-26(17-37)10-27(9-25)18-37)38-19-28-11-29(20-38)13-30(12-28)21-38;1-2-4-5-3-1;/h14-15,25-30,34-35,40-43H,4-13,16-24,44H2,1-3H3;1-5H;/q2*-1;+2. The van der Waals surface area contributed by atoms with Crippen molar-refractivity contribution < 1.29 is 17.1 Å². The van der Waals surface area contributed by atoms with Crippen molar-refractivity contribution in [2.75, 3.05) is 39.3 Å². The Morgan fingerprint density at radius 3 is 1.47 bits per heavy atom. The van der Waals surface area contributed by atoms with E-state index < -0.39 is 0 Å². The van der Waals surface area contributed by atoms with Crippen LogP contribution in [0.1, 0.15) is 115 Å². The molecule has 2 aliphatic heterocycles. The van der Waals surface area contributed by atoms with Crippen molar-refractivity contribution in [2.45, 2.75) is 137 Å². The Bertz CT molecular complexity index is 1300. The van der Waals surface area contributed by atoms with E-state index in [1.807, 2.05) is 30.3 Å². The molecule has 8 bridgehead atoms. The van der Waals surface area contributed by atoms with Crippen molar-refractivity contribution >= 4 is 17.2 Å². The van der Waals surface area contributed by atoms with Gasteiger partial charge in [0.2, 0.25) is 0 Å². The van der Waals surface area contributed by atoms with E-state index in [2.05, 4.69) is 63.4 Å². The van der Waals surface area contributed by atoms with E-state index in [-0.39, 0.29) is 35.6 Å². The summed E-state index contributed by atoms with van der Waals surface area (Å²) in [7, 11) is 3.46. The first kappa shape index (κ1) is 37.8. The summed E-state index contributed by atoms with van der Waals surface area (Å²) in [6.45, 7) is 13.8. The van der Waals surface area contributed by atoms with E-state index in [1.165, 1.54) is 6.16 Å². The molecular weight excluding hydrogens is 702 g/mol. The Balaban J connectivity index is 0.000000576. The fourth-order valence-electron chi connectivity index (χ4n) is 14.2. The maximum Gasteiger partial charge on any atom is 2.00 e. The summed E-state index contributed by atoms with van der Waals surface area (Å²) < 4.78 is 0. The molecule has 0 spiro atoms. The molecule has 4 nitrogen and oxygen atoms in total. The van der Waals surface area contributed by atoms with E-state index >= 15 is 0 Å². The topological polar surface area (TPSA) is 48.1 Å². The van der Waals surface area contributed by atoms with Crippen molar-refractivity contribution in [3.63, 3.8) is 0 Å². The van der Waals surface area contributed by atoms with E-state index in [1.54, 1.807) is 93.7 Å². The molecule has 0 amide bonds. The van der Waals surface area contributed by atoms with Gasteiger partial charge in [0.1, 0.15) is 0 Å². The third-order valence-corrected chi connectivity index (χ3v) is 20.7. The van der Waals surface area contributed by atoms with Crippen LogP contribution in [-0.4, -0.2) is 61.7 Å². The Morgan fingerprint density at radius 2 is 1.14 bits per heavy atom. The maximum absolute atomic E-state index is 4.06. The molecule has 0 aromatic heterocycles. The summed E-state index contributed by atoms with van der Waals surface area (Å²) in [6, 6.07) is 16.3. The van der Waals surface area contributed by atoms with Crippen LogP contribution in [-0.2, 0) is 33.8 Å². The molecule has 3 atom stereocenters. The average molecular weight is 771 g/mol. The van der Waals surface area contributed by atoms with Gasteiger partial charge in [-0.2, -0.15) is 41.0 Å². The predicted molar refractivity (Wildman–Crippen MR) is 216 cm³/mol. The molecule has 7 heteroatoms. The zero-order valence-electron chi connectivity index (χ0n) is 32.0. The normalized spacial score (nSPS) is 41.3. The predicted octanol–water partition coefficient (Wildman–Crippen LogP) is 8.22. The van der Waals surface area contributed by atoms with Gasteiger partial charge in [0.25, 0.3) is 0 Å². The minimum atomic E-state index is -0.0872. The SMILES string of the molecule is CC(C)(C)c1cc(CP(C23CC4CC(CC(C4)C2)C3)C23CC4CC(CC(C4)C2)C3)c(C(P)(C2CNCCN2)C2CNCCN2)[cH-]1.[Fe+2].c1cc[cH-]c1. The second-order valence-electron chi connectivity index (χ2n) is 20.1. The Morgan fingerprint density at radius 1 is 0.706 bits per heavy atom. The molecule has 0 radical (unpaired) electrons. The summed E-state index contributed by atoms with van der Waals surface area (Å²) in [5.41, 5.74) is 5.20. The van der Waals surface area contributed by atoms with Crippen LogP contribution >= 0.6 is 17.2 Å². The van der Waals surface area contributed by atoms with Gasteiger partial charge < -0.3 is 21.3 Å². The summed E-state index contributed by atoms with van der Waals surface area (Å²) in [5, 5.41) is 17.0. The smallest absolute Gasteiger partial charge is 0.314 e. The summed E-state index contributed by atoms with van der Waals surface area (Å²) >= 11 is 0. The molecule has 2 heterocycles. The van der Waals surface area contributed by atoms with Gasteiger partial charge in [-0.3, -0.25) is 0 Å². The third-order valence-electron chi connectivity index (χ3n) is 15.6. The van der Waals surface area contributed by atoms with E-state index in [4.69, 9.17) is 0 Å². The van der Waals surface area contributed by atoms with Crippen LogP contribution in [0.2, 0.25) is 0 Å². The summed E-state index contributed by atoms with van der Waals surface area (Å²) in [5.74, 6) is 6.31. The van der Waals surface area contributed by atoms with Crippen LogP contribution in [0.3, 0.4) is 0 Å². The van der Waals surface area contributed by atoms with Crippen molar-refractivity contribution in [3.8, 4) is 0 Å². The second-order valence-corrected chi connectivity index (χ2v) is 24.1. The van der Waals surface area contributed by atoms with Crippen molar-refractivity contribution in [2.24, 2.45) is 35.5 Å². The zero-order chi connectivity index (χ0) is 34.1. The van der Waals surface area contributed by atoms with Gasteiger partial charge >= 0.3 is 17.1 Å². The van der Waals surface area contributed by atoms with Crippen LogP contribution in [0.5, 0.6) is 0 Å². The van der Waals surface area contributed by atoms with Gasteiger partial charge in [-0.05, 0) is 128 Å². The van der Waals surface area contributed by atoms with Crippen LogP contribution < -0.4 is 21.3 Å². The van der Waals surface area contributed by atoms with Crippen LogP contribution in [0, 0.1) is 35.5 Å². The van der Waals surface area contributed by atoms with Crippen molar-refractivity contribution in [1.82, 2.24) is 21.3 Å². The van der Waals surface area contributed by atoms with E-state index in [0.29, 0.717) is 22.4 Å². The number of hydrogen-bond donors (Lipinski definition) is 4. The first-order chi connectivity index (χ1) is 24.1. The maximum atomic E-state index is 4.06. The van der Waals surface area contributed by atoms with Crippen molar-refractivity contribution in [1.29, 1.82) is 0 Å². The zero-order valence-corrected chi connectivity index (χ0v) is 35.1. The molecule has 2 aromatic rings. The summed E-state index contributed by atoms with van der Waals surface area (Å²) in [6.07, 6.45) is 20.5. The Hall–Kier alpha value is -0.0805. The van der Waals surface area contributed by atoms with Gasteiger partial charge in [0, 0.05) is 56.5 Å². The third kappa shape index (κ3) is 7.12. The first-order valence-corrected chi connectivity index (χ1v) is 23.1. The molecule has 8 aliphatic carbocycles. The molecule has 2 saturated heterocycles. The quantitative estimate of drug-likeness (QED) is 0.130. The van der Waals surface area contributed by atoms with Crippen LogP contribution in [0.15, 0.2) is 42.5 Å². The number of hydrogen-bond acceptors (Lipinski definition) is 4. The molecule has 12 rings (SSSR count). The number of rotatable bonds is 7. The molecule has 2 aromatic carbocycles. The van der Waals surface area contributed by atoms with Gasteiger partial charge in [0.15, 0.2) is 0 Å². The van der Waals surface area contributed by atoms with Gasteiger partial charge in [0.05, 0.1) is 0 Å². The molecule has 282 valence electrons. The molecule has 10 aliphatic rings. The molecule has 8 saturated carbocycles. The fourth-order valence-corrected chi connectivity index (χ4v) is 20.1. The average Bonchev–Trinajstić information content (AvgIpc) is 3.81. The van der Waals surface area contributed by atoms with E-state index in [0.717, 1.165) is 74.8 Å². The Kier molecular flexibility index (Phi) is 11.0. The molecular formula is C44H68FeN4P2. The minimum Gasteiger partial charge on any atom is -0.314 e.